The van der Waals surface area contributed by atoms with E-state index in [9.17, 15) is 17.6 Å². The molecule has 31 heavy (non-hydrogen) atoms. The molecule has 0 N–H and O–H groups in total. The maximum atomic E-state index is 13.1. The zero-order valence-corrected chi connectivity index (χ0v) is 16.3. The topological polar surface area (TPSA) is 59.7 Å². The fourth-order valence-corrected chi connectivity index (χ4v) is 2.97. The second-order valence-electron chi connectivity index (χ2n) is 6.85. The van der Waals surface area contributed by atoms with Gasteiger partial charge in [0.05, 0.1) is 29.3 Å². The molecule has 0 spiro atoms. The van der Waals surface area contributed by atoms with Gasteiger partial charge >= 0.3 is 6.18 Å². The van der Waals surface area contributed by atoms with Gasteiger partial charge in [0.25, 0.3) is 0 Å². The fraction of sp³-hybridized carbons (Fsp3) is 0.143. The molecular formula is C21H16F4N6. The Hall–Kier alpha value is -3.82. The number of halogens is 4. The van der Waals surface area contributed by atoms with E-state index in [0.29, 0.717) is 17.8 Å². The van der Waals surface area contributed by atoms with Crippen LogP contribution in [0.2, 0.25) is 0 Å². The van der Waals surface area contributed by atoms with E-state index in [1.54, 1.807) is 41.2 Å². The third-order valence-electron chi connectivity index (χ3n) is 4.52. The van der Waals surface area contributed by atoms with Crippen LogP contribution in [0.15, 0.2) is 67.1 Å². The molecular weight excluding hydrogens is 412 g/mol. The smallest absolute Gasteiger partial charge is 0.338 e. The second-order valence-corrected chi connectivity index (χ2v) is 6.85. The second kappa shape index (κ2) is 8.13. The van der Waals surface area contributed by atoms with Crippen LogP contribution in [-0.4, -0.2) is 32.0 Å². The molecule has 0 aliphatic carbocycles. The quantitative estimate of drug-likeness (QED) is 0.438. The lowest BCUT2D eigenvalue weighted by atomic mass is 10.1. The van der Waals surface area contributed by atoms with Crippen LogP contribution in [0.4, 0.5) is 23.5 Å². The lowest BCUT2D eigenvalue weighted by Crippen LogP contribution is -2.19. The molecule has 0 fully saturated rings. The molecule has 158 valence electrons. The Labute approximate surface area is 174 Å². The van der Waals surface area contributed by atoms with Gasteiger partial charge in [0.1, 0.15) is 5.82 Å². The Morgan fingerprint density at radius 3 is 2.55 bits per heavy atom. The van der Waals surface area contributed by atoms with E-state index < -0.39 is 11.7 Å². The number of aromatic nitrogens is 5. The largest absolute Gasteiger partial charge is 0.416 e. The lowest BCUT2D eigenvalue weighted by molar-refractivity contribution is -0.137. The summed E-state index contributed by atoms with van der Waals surface area (Å²) in [5.74, 6) is -0.0781. The summed E-state index contributed by atoms with van der Waals surface area (Å²) in [4.78, 5) is 6.06. The Morgan fingerprint density at radius 2 is 1.81 bits per heavy atom. The van der Waals surface area contributed by atoms with Crippen molar-refractivity contribution in [1.82, 2.24) is 25.0 Å². The van der Waals surface area contributed by atoms with Crippen LogP contribution in [0.5, 0.6) is 0 Å². The van der Waals surface area contributed by atoms with E-state index in [-0.39, 0.29) is 17.5 Å². The summed E-state index contributed by atoms with van der Waals surface area (Å²) < 4.78 is 53.7. The maximum absolute atomic E-state index is 13.1. The fourth-order valence-electron chi connectivity index (χ4n) is 2.97. The van der Waals surface area contributed by atoms with Crippen molar-refractivity contribution in [3.63, 3.8) is 0 Å². The van der Waals surface area contributed by atoms with E-state index >= 15 is 0 Å². The summed E-state index contributed by atoms with van der Waals surface area (Å²) in [5, 5.41) is 12.1. The van der Waals surface area contributed by atoms with Gasteiger partial charge in [-0.3, -0.25) is 0 Å². The predicted octanol–water partition coefficient (Wildman–Crippen LogP) is 4.52. The molecule has 0 atom stereocenters. The van der Waals surface area contributed by atoms with Crippen LogP contribution in [0.3, 0.4) is 0 Å². The molecule has 4 rings (SSSR count). The van der Waals surface area contributed by atoms with Crippen molar-refractivity contribution in [3.8, 4) is 16.9 Å². The maximum Gasteiger partial charge on any atom is 0.416 e. The number of alkyl halides is 3. The molecule has 0 radical (unpaired) electrons. The summed E-state index contributed by atoms with van der Waals surface area (Å²) in [5.41, 5.74) is 1.36. The Kier molecular flexibility index (Phi) is 5.37. The molecule has 4 aromatic rings. The molecule has 0 saturated carbocycles. The van der Waals surface area contributed by atoms with Crippen LogP contribution in [0, 0.1) is 5.82 Å². The van der Waals surface area contributed by atoms with E-state index in [4.69, 9.17) is 0 Å². The Morgan fingerprint density at radius 1 is 1.03 bits per heavy atom. The molecule has 0 amide bonds. The van der Waals surface area contributed by atoms with Crippen molar-refractivity contribution >= 4 is 5.95 Å². The van der Waals surface area contributed by atoms with Gasteiger partial charge in [-0.05, 0) is 36.4 Å². The third kappa shape index (κ3) is 4.68. The first-order valence-corrected chi connectivity index (χ1v) is 9.17. The van der Waals surface area contributed by atoms with Gasteiger partial charge < -0.3 is 4.90 Å². The standard InChI is InChI=1S/C21H16F4N6/c1-30(12-14-10-27-31(13-14)18-7-5-17(22)6-8-18)20-28-19(11-26-29-20)15-3-2-4-16(9-15)21(23,24)25/h2-11,13H,12H2,1H3. The summed E-state index contributed by atoms with van der Waals surface area (Å²) >= 11 is 0. The molecule has 0 aliphatic heterocycles. The van der Waals surface area contributed by atoms with Gasteiger partial charge in [0.15, 0.2) is 0 Å². The first-order valence-electron chi connectivity index (χ1n) is 9.17. The Bertz CT molecular complexity index is 1190. The van der Waals surface area contributed by atoms with Gasteiger partial charge in [0.2, 0.25) is 5.95 Å². The Balaban J connectivity index is 1.53. The van der Waals surface area contributed by atoms with Gasteiger partial charge in [-0.15, -0.1) is 5.10 Å². The van der Waals surface area contributed by atoms with Crippen LogP contribution in [0.25, 0.3) is 16.9 Å². The average Bonchev–Trinajstić information content (AvgIpc) is 3.22. The van der Waals surface area contributed by atoms with Crippen molar-refractivity contribution in [2.24, 2.45) is 0 Å². The van der Waals surface area contributed by atoms with E-state index in [0.717, 1.165) is 17.7 Å². The third-order valence-corrected chi connectivity index (χ3v) is 4.52. The number of hydrogen-bond acceptors (Lipinski definition) is 5. The van der Waals surface area contributed by atoms with Gasteiger partial charge in [0, 0.05) is 30.9 Å². The highest BCUT2D eigenvalue weighted by Crippen LogP contribution is 2.31. The zero-order valence-electron chi connectivity index (χ0n) is 16.3. The molecule has 2 aromatic carbocycles. The van der Waals surface area contributed by atoms with Crippen molar-refractivity contribution in [3.05, 3.63) is 84.1 Å². The van der Waals surface area contributed by atoms with Crippen LogP contribution in [-0.2, 0) is 12.7 Å². The minimum atomic E-state index is -4.44. The van der Waals surface area contributed by atoms with Gasteiger partial charge in [-0.25, -0.2) is 14.1 Å². The first-order chi connectivity index (χ1) is 14.8. The molecule has 0 bridgehead atoms. The summed E-state index contributed by atoms with van der Waals surface area (Å²) in [7, 11) is 1.74. The highest BCUT2D eigenvalue weighted by atomic mass is 19.4. The average molecular weight is 428 g/mol. The summed E-state index contributed by atoms with van der Waals surface area (Å²) in [6, 6.07) is 10.8. The normalized spacial score (nSPS) is 11.5. The van der Waals surface area contributed by atoms with Crippen LogP contribution in [0.1, 0.15) is 11.1 Å². The summed E-state index contributed by atoms with van der Waals surface area (Å²) in [6.07, 6.45) is 0.317. The monoisotopic (exact) mass is 428 g/mol. The highest BCUT2D eigenvalue weighted by molar-refractivity contribution is 5.60. The van der Waals surface area contributed by atoms with Gasteiger partial charge in [-0.2, -0.15) is 23.4 Å². The molecule has 6 nitrogen and oxygen atoms in total. The van der Waals surface area contributed by atoms with Crippen LogP contribution >= 0.6 is 0 Å². The molecule has 2 heterocycles. The van der Waals surface area contributed by atoms with Crippen molar-refractivity contribution in [2.45, 2.75) is 12.7 Å². The first kappa shape index (κ1) is 20.5. The molecule has 10 heteroatoms. The van der Waals surface area contributed by atoms with Crippen molar-refractivity contribution in [2.75, 3.05) is 11.9 Å². The lowest BCUT2D eigenvalue weighted by Gasteiger charge is -2.16. The minimum Gasteiger partial charge on any atom is -0.338 e. The van der Waals surface area contributed by atoms with Crippen molar-refractivity contribution < 1.29 is 17.6 Å². The number of nitrogens with zero attached hydrogens (tertiary/aromatic N) is 6. The number of rotatable bonds is 5. The van der Waals surface area contributed by atoms with E-state index in [1.807, 2.05) is 0 Å². The molecule has 0 saturated heterocycles. The van der Waals surface area contributed by atoms with Gasteiger partial charge in [-0.1, -0.05) is 12.1 Å². The van der Waals surface area contributed by atoms with E-state index in [2.05, 4.69) is 20.3 Å². The molecule has 0 unspecified atom stereocenters. The minimum absolute atomic E-state index is 0.254. The SMILES string of the molecule is CN(Cc1cnn(-c2ccc(F)cc2)c1)c1nncc(-c2cccc(C(F)(F)F)c2)n1. The number of hydrogen-bond donors (Lipinski definition) is 0. The van der Waals surface area contributed by atoms with E-state index in [1.165, 1.54) is 30.5 Å². The number of anilines is 1. The van der Waals surface area contributed by atoms with Crippen LogP contribution < -0.4 is 4.90 Å². The molecule has 2 aromatic heterocycles. The number of benzene rings is 2. The van der Waals surface area contributed by atoms with Crippen molar-refractivity contribution in [1.29, 1.82) is 0 Å². The highest BCUT2D eigenvalue weighted by Gasteiger charge is 2.30. The zero-order chi connectivity index (χ0) is 22.0. The molecule has 0 aliphatic rings. The predicted molar refractivity (Wildman–Crippen MR) is 106 cm³/mol. The summed E-state index contributed by atoms with van der Waals surface area (Å²) in [6.45, 7) is 0.384.